The molecule has 0 N–H and O–H groups in total. The molecule has 0 radical (unpaired) electrons. The van der Waals surface area contributed by atoms with Crippen LogP contribution in [-0.2, 0) is 0 Å². The molecule has 34 heavy (non-hydrogen) atoms. The van der Waals surface area contributed by atoms with Crippen LogP contribution in [0.2, 0.25) is 0 Å². The predicted octanol–water partition coefficient (Wildman–Crippen LogP) is 8.66. The molecule has 0 amide bonds. The molecule has 0 saturated heterocycles. The van der Waals surface area contributed by atoms with E-state index in [0.29, 0.717) is 11.6 Å². The zero-order valence-corrected chi connectivity index (χ0v) is 22.6. The number of hydrogen-bond donors (Lipinski definition) is 0. The molecule has 1 saturated carbocycles. The average Bonchev–Trinajstić information content (AvgIpc) is 3.60. The van der Waals surface area contributed by atoms with Gasteiger partial charge >= 0.3 is 0 Å². The number of carbonyl (C=O) groups is 2. The molecule has 0 aliphatic heterocycles. The summed E-state index contributed by atoms with van der Waals surface area (Å²) in [5.41, 5.74) is 1.85. The van der Waals surface area contributed by atoms with Gasteiger partial charge in [-0.05, 0) is 62.1 Å². The molecule has 3 aliphatic carbocycles. The zero-order chi connectivity index (χ0) is 23.5. The third kappa shape index (κ3) is 2.77. The van der Waals surface area contributed by atoms with Crippen LogP contribution < -0.4 is 0 Å². The van der Waals surface area contributed by atoms with E-state index in [1.165, 1.54) is 39.0 Å². The highest BCUT2D eigenvalue weighted by atomic mass is 32.1. The van der Waals surface area contributed by atoms with Crippen molar-refractivity contribution in [1.82, 2.24) is 0 Å². The molecule has 3 aliphatic rings. The molecular weight excluding hydrogens is 497 g/mol. The Balaban J connectivity index is 1.29. The molecule has 4 aromatic heterocycles. The molecule has 4 heterocycles. The lowest BCUT2D eigenvalue weighted by Crippen LogP contribution is -2.42. The summed E-state index contributed by atoms with van der Waals surface area (Å²) in [5.74, 6) is 1.27. The first kappa shape index (κ1) is 21.4. The van der Waals surface area contributed by atoms with E-state index in [4.69, 9.17) is 0 Å². The minimum Gasteiger partial charge on any atom is -0.294 e. The predicted molar refractivity (Wildman–Crippen MR) is 144 cm³/mol. The smallest absolute Gasteiger partial charge is 0.168 e. The Labute approximate surface area is 215 Å². The first-order chi connectivity index (χ1) is 16.3. The summed E-state index contributed by atoms with van der Waals surface area (Å²) in [4.78, 5) is 37.5. The molecule has 0 aromatic carbocycles. The van der Waals surface area contributed by atoms with E-state index in [1.807, 2.05) is 0 Å². The van der Waals surface area contributed by atoms with Gasteiger partial charge in [0.15, 0.2) is 11.6 Å². The van der Waals surface area contributed by atoms with Crippen LogP contribution in [0.4, 0.5) is 0 Å². The van der Waals surface area contributed by atoms with E-state index in [9.17, 15) is 9.59 Å². The van der Waals surface area contributed by atoms with Gasteiger partial charge in [0.25, 0.3) is 0 Å². The highest BCUT2D eigenvalue weighted by Crippen LogP contribution is 2.64. The first-order valence-electron chi connectivity index (χ1n) is 11.8. The number of fused-ring (bicyclic) bond motifs is 6. The minimum absolute atomic E-state index is 0.00935. The molecule has 7 rings (SSSR count). The Kier molecular flexibility index (Phi) is 4.62. The molecule has 6 unspecified atom stereocenters. The number of ketones is 2. The first-order valence-corrected chi connectivity index (χ1v) is 15.1. The van der Waals surface area contributed by atoms with E-state index in [2.05, 4.69) is 64.1 Å². The molecule has 0 bridgehead atoms. The molecule has 6 heteroatoms. The van der Waals surface area contributed by atoms with Gasteiger partial charge in [-0.3, -0.25) is 9.59 Å². The van der Waals surface area contributed by atoms with Gasteiger partial charge in [-0.25, -0.2) is 0 Å². The summed E-state index contributed by atoms with van der Waals surface area (Å²) in [6, 6.07) is 12.9. The molecule has 0 spiro atoms. The highest BCUT2D eigenvalue weighted by Gasteiger charge is 2.60. The van der Waals surface area contributed by atoms with Gasteiger partial charge in [-0.1, -0.05) is 13.8 Å². The van der Waals surface area contributed by atoms with Crippen LogP contribution in [0.5, 0.6) is 0 Å². The number of carbonyl (C=O) groups excluding carboxylic acids is 2. The maximum Gasteiger partial charge on any atom is 0.168 e. The summed E-state index contributed by atoms with van der Waals surface area (Å²) < 4.78 is 0. The van der Waals surface area contributed by atoms with E-state index in [-0.39, 0.29) is 35.5 Å². The Hall–Kier alpha value is -1.86. The van der Waals surface area contributed by atoms with Crippen LogP contribution in [0.25, 0.3) is 19.5 Å². The fraction of sp³-hybridized carbons (Fsp3) is 0.357. The van der Waals surface area contributed by atoms with Crippen molar-refractivity contribution < 1.29 is 9.59 Å². The van der Waals surface area contributed by atoms with Crippen molar-refractivity contribution in [3.63, 3.8) is 0 Å². The second-order valence-electron chi connectivity index (χ2n) is 10.1. The number of rotatable bonds is 2. The van der Waals surface area contributed by atoms with Crippen LogP contribution in [0.3, 0.4) is 0 Å². The normalized spacial score (nSPS) is 29.3. The Morgan fingerprint density at radius 3 is 1.32 bits per heavy atom. The van der Waals surface area contributed by atoms with Crippen molar-refractivity contribution in [3.05, 3.63) is 67.0 Å². The third-order valence-electron chi connectivity index (χ3n) is 8.27. The summed E-state index contributed by atoms with van der Waals surface area (Å²) in [6.45, 7) is 8.71. The lowest BCUT2D eigenvalue weighted by Gasteiger charge is -2.43. The third-order valence-corrected chi connectivity index (χ3v) is 13.1. The maximum atomic E-state index is 13.8. The number of hydrogen-bond acceptors (Lipinski definition) is 6. The van der Waals surface area contributed by atoms with Crippen molar-refractivity contribution in [2.45, 2.75) is 39.5 Å². The van der Waals surface area contributed by atoms with Gasteiger partial charge in [0, 0.05) is 73.8 Å². The fourth-order valence-corrected chi connectivity index (χ4v) is 11.5. The van der Waals surface area contributed by atoms with E-state index in [0.717, 1.165) is 11.1 Å². The van der Waals surface area contributed by atoms with Crippen molar-refractivity contribution in [3.8, 4) is 19.5 Å². The van der Waals surface area contributed by atoms with Gasteiger partial charge in [0.1, 0.15) is 0 Å². The molecule has 6 atom stereocenters. The highest BCUT2D eigenvalue weighted by molar-refractivity contribution is 7.23. The monoisotopic (exact) mass is 520 g/mol. The molecule has 172 valence electrons. The van der Waals surface area contributed by atoms with Crippen LogP contribution in [0.1, 0.15) is 65.9 Å². The Morgan fingerprint density at radius 2 is 0.971 bits per heavy atom. The lowest BCUT2D eigenvalue weighted by atomic mass is 9.59. The summed E-state index contributed by atoms with van der Waals surface area (Å²) in [5, 5.41) is 0. The second kappa shape index (κ2) is 7.33. The SMILES string of the molecule is Cc1ccc(-c2cc3c(s2)C2C(C)C4C(=O)c5cc(-c6ccc(C)s6)sc5C4C(C)C2C3=O)s1. The standard InChI is InChI=1S/C28H24O2S4/c1-11-5-7-17(31-11)19-9-15-25(29)21-14(4)24-22(13(3)23(21)27(15)33-19)26(30)16-10-20(34-28(16)24)18-8-6-12(2)32-18/h5-10,13-14,21-24H,1-4H3. The van der Waals surface area contributed by atoms with Crippen LogP contribution in [-0.4, -0.2) is 11.6 Å². The zero-order valence-electron chi connectivity index (χ0n) is 19.4. The van der Waals surface area contributed by atoms with Gasteiger partial charge in [0.2, 0.25) is 0 Å². The summed E-state index contributed by atoms with van der Waals surface area (Å²) >= 11 is 7.15. The van der Waals surface area contributed by atoms with Crippen molar-refractivity contribution in [1.29, 1.82) is 0 Å². The van der Waals surface area contributed by atoms with Crippen molar-refractivity contribution >= 4 is 56.9 Å². The van der Waals surface area contributed by atoms with Crippen LogP contribution in [0, 0.1) is 37.5 Å². The topological polar surface area (TPSA) is 34.1 Å². The van der Waals surface area contributed by atoms with Crippen molar-refractivity contribution in [2.24, 2.45) is 23.7 Å². The quantitative estimate of drug-likeness (QED) is 0.265. The van der Waals surface area contributed by atoms with E-state index < -0.39 is 0 Å². The largest absolute Gasteiger partial charge is 0.294 e. The van der Waals surface area contributed by atoms with Gasteiger partial charge in [-0.15, -0.1) is 45.3 Å². The van der Waals surface area contributed by atoms with Gasteiger partial charge in [-0.2, -0.15) is 0 Å². The summed E-state index contributed by atoms with van der Waals surface area (Å²) in [7, 11) is 0. The van der Waals surface area contributed by atoms with E-state index >= 15 is 0 Å². The maximum absolute atomic E-state index is 13.8. The molecule has 1 fully saturated rings. The lowest BCUT2D eigenvalue weighted by molar-refractivity contribution is 0.0551. The molecule has 4 aromatic rings. The fourth-order valence-electron chi connectivity index (χ4n) is 6.79. The summed E-state index contributed by atoms with van der Waals surface area (Å²) in [6.07, 6.45) is 0. The Bertz CT molecular complexity index is 1380. The van der Waals surface area contributed by atoms with E-state index in [1.54, 1.807) is 45.3 Å². The second-order valence-corrected chi connectivity index (χ2v) is 14.9. The Morgan fingerprint density at radius 1 is 0.559 bits per heavy atom. The number of Topliss-reactive ketones (excluding diaryl/α,β-unsaturated/α-hetero) is 2. The molecular formula is C28H24O2S4. The minimum atomic E-state index is -0.00935. The van der Waals surface area contributed by atoms with Crippen LogP contribution in [0.15, 0.2) is 36.4 Å². The van der Waals surface area contributed by atoms with Gasteiger partial charge < -0.3 is 0 Å². The number of aryl methyl sites for hydroxylation is 2. The number of thiophene rings is 4. The average molecular weight is 521 g/mol. The van der Waals surface area contributed by atoms with Crippen molar-refractivity contribution in [2.75, 3.05) is 0 Å². The van der Waals surface area contributed by atoms with Crippen LogP contribution >= 0.6 is 45.3 Å². The molecule has 2 nitrogen and oxygen atoms in total. The van der Waals surface area contributed by atoms with Gasteiger partial charge in [0.05, 0.1) is 0 Å².